The molecule has 1 heterocycles. The minimum Gasteiger partial charge on any atom is -0.441 e. The highest BCUT2D eigenvalue weighted by Crippen LogP contribution is 2.24. The van der Waals surface area contributed by atoms with Gasteiger partial charge in [0.2, 0.25) is 5.78 Å². The van der Waals surface area contributed by atoms with Crippen LogP contribution in [0.25, 0.3) is 0 Å². The molecule has 0 aliphatic rings. The Hall–Kier alpha value is -1.32. The molecule has 1 aromatic heterocycles. The molecule has 0 unspecified atom stereocenters. The van der Waals surface area contributed by atoms with E-state index in [1.165, 1.54) is 18.2 Å². The molecular formula is C12H7Cl2FO2. The van der Waals surface area contributed by atoms with E-state index in [1.807, 2.05) is 0 Å². The van der Waals surface area contributed by atoms with Gasteiger partial charge in [-0.3, -0.25) is 4.79 Å². The molecule has 0 bridgehead atoms. The molecule has 0 spiro atoms. The SMILES string of the molecule is Cc1cc(C(=O)c2ccc(Cl)o2)c(Cl)cc1F. The maximum absolute atomic E-state index is 13.2. The van der Waals surface area contributed by atoms with Crippen LogP contribution in [0.15, 0.2) is 28.7 Å². The number of benzene rings is 1. The smallest absolute Gasteiger partial charge is 0.229 e. The summed E-state index contributed by atoms with van der Waals surface area (Å²) in [4.78, 5) is 12.0. The van der Waals surface area contributed by atoms with Gasteiger partial charge >= 0.3 is 0 Å². The van der Waals surface area contributed by atoms with Crippen molar-refractivity contribution in [2.45, 2.75) is 6.92 Å². The van der Waals surface area contributed by atoms with E-state index in [0.717, 1.165) is 6.07 Å². The van der Waals surface area contributed by atoms with E-state index >= 15 is 0 Å². The van der Waals surface area contributed by atoms with Crippen LogP contribution < -0.4 is 0 Å². The molecule has 0 aliphatic carbocycles. The largest absolute Gasteiger partial charge is 0.441 e. The molecule has 17 heavy (non-hydrogen) atoms. The van der Waals surface area contributed by atoms with Crippen molar-refractivity contribution < 1.29 is 13.6 Å². The Labute approximate surface area is 107 Å². The molecule has 0 aliphatic heterocycles. The third kappa shape index (κ3) is 2.35. The van der Waals surface area contributed by atoms with Gasteiger partial charge in [-0.25, -0.2) is 4.39 Å². The van der Waals surface area contributed by atoms with Gasteiger partial charge in [-0.15, -0.1) is 0 Å². The van der Waals surface area contributed by atoms with E-state index in [-0.39, 0.29) is 21.6 Å². The number of hydrogen-bond donors (Lipinski definition) is 0. The van der Waals surface area contributed by atoms with Crippen LogP contribution >= 0.6 is 23.2 Å². The number of furan rings is 1. The Morgan fingerprint density at radius 1 is 1.29 bits per heavy atom. The lowest BCUT2D eigenvalue weighted by Gasteiger charge is -2.04. The summed E-state index contributed by atoms with van der Waals surface area (Å²) in [6.07, 6.45) is 0. The van der Waals surface area contributed by atoms with Crippen LogP contribution in [0.2, 0.25) is 10.2 Å². The zero-order valence-corrected chi connectivity index (χ0v) is 10.3. The monoisotopic (exact) mass is 272 g/mol. The van der Waals surface area contributed by atoms with Crippen molar-refractivity contribution in [3.8, 4) is 0 Å². The summed E-state index contributed by atoms with van der Waals surface area (Å²) >= 11 is 11.4. The van der Waals surface area contributed by atoms with E-state index in [4.69, 9.17) is 27.6 Å². The van der Waals surface area contributed by atoms with Crippen molar-refractivity contribution in [1.82, 2.24) is 0 Å². The Bertz CT molecular complexity index is 590. The maximum atomic E-state index is 13.2. The molecular weight excluding hydrogens is 266 g/mol. The molecule has 5 heteroatoms. The van der Waals surface area contributed by atoms with Gasteiger partial charge < -0.3 is 4.42 Å². The first-order chi connectivity index (χ1) is 7.99. The minimum absolute atomic E-state index is 0.0469. The van der Waals surface area contributed by atoms with Gasteiger partial charge in [-0.2, -0.15) is 0 Å². The topological polar surface area (TPSA) is 30.2 Å². The molecule has 0 saturated heterocycles. The van der Waals surface area contributed by atoms with Gasteiger partial charge in [0.15, 0.2) is 11.0 Å². The molecule has 0 atom stereocenters. The fourth-order valence-corrected chi connectivity index (χ4v) is 1.78. The fourth-order valence-electron chi connectivity index (χ4n) is 1.40. The number of carbonyl (C=O) groups excluding carboxylic acids is 1. The minimum atomic E-state index is -0.455. The predicted octanol–water partition coefficient (Wildman–Crippen LogP) is 4.26. The third-order valence-corrected chi connectivity index (χ3v) is 2.81. The highest BCUT2D eigenvalue weighted by Gasteiger charge is 2.18. The Kier molecular flexibility index (Phi) is 3.22. The molecule has 0 amide bonds. The van der Waals surface area contributed by atoms with Crippen molar-refractivity contribution in [2.75, 3.05) is 0 Å². The Balaban J connectivity index is 2.47. The third-order valence-electron chi connectivity index (χ3n) is 2.29. The van der Waals surface area contributed by atoms with E-state index in [0.29, 0.717) is 5.56 Å². The van der Waals surface area contributed by atoms with Crippen LogP contribution in [0.5, 0.6) is 0 Å². The van der Waals surface area contributed by atoms with Crippen LogP contribution in [0.3, 0.4) is 0 Å². The summed E-state index contributed by atoms with van der Waals surface area (Å²) in [5, 5.41) is 0.161. The number of rotatable bonds is 2. The summed E-state index contributed by atoms with van der Waals surface area (Å²) in [6, 6.07) is 5.39. The van der Waals surface area contributed by atoms with Crippen molar-refractivity contribution in [2.24, 2.45) is 0 Å². The summed E-state index contributed by atoms with van der Waals surface area (Å²) < 4.78 is 18.2. The quantitative estimate of drug-likeness (QED) is 0.765. The Morgan fingerprint density at radius 3 is 2.59 bits per heavy atom. The maximum Gasteiger partial charge on any atom is 0.229 e. The normalized spacial score (nSPS) is 10.6. The van der Waals surface area contributed by atoms with Crippen LogP contribution in [0.1, 0.15) is 21.7 Å². The zero-order chi connectivity index (χ0) is 12.6. The molecule has 2 nitrogen and oxygen atoms in total. The second-order valence-electron chi connectivity index (χ2n) is 3.51. The van der Waals surface area contributed by atoms with Crippen molar-refractivity contribution >= 4 is 29.0 Å². The Morgan fingerprint density at radius 2 is 2.00 bits per heavy atom. The first kappa shape index (κ1) is 12.1. The van der Waals surface area contributed by atoms with E-state index in [9.17, 15) is 9.18 Å². The van der Waals surface area contributed by atoms with Crippen molar-refractivity contribution in [3.05, 3.63) is 57.2 Å². The van der Waals surface area contributed by atoms with Gasteiger partial charge in [-0.05, 0) is 48.4 Å². The van der Waals surface area contributed by atoms with Gasteiger partial charge in [0.25, 0.3) is 0 Å². The van der Waals surface area contributed by atoms with Crippen LogP contribution in [-0.2, 0) is 0 Å². The first-order valence-corrected chi connectivity index (χ1v) is 5.50. The molecule has 2 aromatic rings. The molecule has 0 saturated carbocycles. The van der Waals surface area contributed by atoms with Gasteiger partial charge in [0.1, 0.15) is 5.82 Å². The highest BCUT2D eigenvalue weighted by atomic mass is 35.5. The van der Waals surface area contributed by atoms with Crippen LogP contribution in [0, 0.1) is 12.7 Å². The number of ketones is 1. The summed E-state index contributed by atoms with van der Waals surface area (Å²) in [5.74, 6) is -0.808. The first-order valence-electron chi connectivity index (χ1n) is 4.74. The van der Waals surface area contributed by atoms with Crippen molar-refractivity contribution in [1.29, 1.82) is 0 Å². The lowest BCUT2D eigenvalue weighted by molar-refractivity contribution is 0.101. The average molecular weight is 273 g/mol. The molecule has 1 aromatic carbocycles. The van der Waals surface area contributed by atoms with Crippen molar-refractivity contribution in [3.63, 3.8) is 0 Å². The average Bonchev–Trinajstić information content (AvgIpc) is 2.69. The van der Waals surface area contributed by atoms with Gasteiger partial charge in [0, 0.05) is 5.56 Å². The van der Waals surface area contributed by atoms with E-state index in [2.05, 4.69) is 0 Å². The molecule has 0 radical (unpaired) electrons. The van der Waals surface area contributed by atoms with E-state index in [1.54, 1.807) is 6.92 Å². The number of aryl methyl sites for hydroxylation is 1. The summed E-state index contributed by atoms with van der Waals surface area (Å²) in [5.41, 5.74) is 0.534. The number of halogens is 3. The highest BCUT2D eigenvalue weighted by molar-refractivity contribution is 6.35. The summed E-state index contributed by atoms with van der Waals surface area (Å²) in [7, 11) is 0. The molecule has 0 N–H and O–H groups in total. The van der Waals surface area contributed by atoms with Gasteiger partial charge in [0.05, 0.1) is 5.02 Å². The van der Waals surface area contributed by atoms with E-state index < -0.39 is 11.6 Å². The zero-order valence-electron chi connectivity index (χ0n) is 8.76. The molecule has 88 valence electrons. The molecule has 2 rings (SSSR count). The van der Waals surface area contributed by atoms with Crippen LogP contribution in [-0.4, -0.2) is 5.78 Å². The standard InChI is InChI=1S/C12H7Cl2FO2/c1-6-4-7(8(13)5-9(6)15)12(16)10-2-3-11(14)17-10/h2-5H,1H3. The predicted molar refractivity (Wildman–Crippen MR) is 63.3 cm³/mol. The second kappa shape index (κ2) is 4.51. The fraction of sp³-hybridized carbons (Fsp3) is 0.0833. The molecule has 0 fully saturated rings. The lowest BCUT2D eigenvalue weighted by Crippen LogP contribution is -2.02. The summed E-state index contributed by atoms with van der Waals surface area (Å²) in [6.45, 7) is 1.55. The van der Waals surface area contributed by atoms with Gasteiger partial charge in [-0.1, -0.05) is 11.6 Å². The number of hydrogen-bond acceptors (Lipinski definition) is 2. The van der Waals surface area contributed by atoms with Crippen LogP contribution in [0.4, 0.5) is 4.39 Å². The lowest BCUT2D eigenvalue weighted by atomic mass is 10.1. The number of carbonyl (C=O) groups is 1. The second-order valence-corrected chi connectivity index (χ2v) is 4.29.